The van der Waals surface area contributed by atoms with Crippen LogP contribution in [-0.2, 0) is 6.54 Å². The molecule has 0 aliphatic heterocycles. The molecule has 1 heterocycles. The Kier molecular flexibility index (Phi) is 6.43. The summed E-state index contributed by atoms with van der Waals surface area (Å²) in [4.78, 5) is 6.70. The first-order valence-electron chi connectivity index (χ1n) is 7.62. The van der Waals surface area contributed by atoms with Crippen molar-refractivity contribution in [2.24, 2.45) is 0 Å². The van der Waals surface area contributed by atoms with Crippen molar-refractivity contribution in [1.29, 1.82) is 0 Å². The maximum atomic E-state index is 9.22. The zero-order chi connectivity index (χ0) is 15.1. The Balaban J connectivity index is 2.13. The van der Waals surface area contributed by atoms with Crippen molar-refractivity contribution in [2.75, 3.05) is 19.7 Å². The molecule has 0 fully saturated rings. The molecular weight excluding hydrogens is 284 g/mol. The summed E-state index contributed by atoms with van der Waals surface area (Å²) in [7, 11) is 0. The minimum atomic E-state index is 0.171. The summed E-state index contributed by atoms with van der Waals surface area (Å²) in [5.74, 6) is 0. The van der Waals surface area contributed by atoms with Gasteiger partial charge in [-0.2, -0.15) is 0 Å². The van der Waals surface area contributed by atoms with Crippen molar-refractivity contribution >= 4 is 22.5 Å². The molecule has 0 aliphatic rings. The summed E-state index contributed by atoms with van der Waals surface area (Å²) < 4.78 is 0. The number of hydrogen-bond donors (Lipinski definition) is 1. The minimum absolute atomic E-state index is 0.171. The monoisotopic (exact) mass is 306 g/mol. The van der Waals surface area contributed by atoms with Crippen LogP contribution in [0.3, 0.4) is 0 Å². The number of aliphatic hydroxyl groups is 1. The number of aromatic nitrogens is 1. The third-order valence-corrected chi connectivity index (χ3v) is 3.97. The Morgan fingerprint density at radius 2 is 2.00 bits per heavy atom. The summed E-state index contributed by atoms with van der Waals surface area (Å²) in [6, 6.07) is 10.1. The molecule has 0 radical (unpaired) electrons. The molecular formula is C17H23ClN2O. The Morgan fingerprint density at radius 1 is 1.19 bits per heavy atom. The highest BCUT2D eigenvalue weighted by Crippen LogP contribution is 2.22. The fourth-order valence-electron chi connectivity index (χ4n) is 2.48. The molecule has 4 heteroatoms. The van der Waals surface area contributed by atoms with Crippen LogP contribution >= 0.6 is 11.6 Å². The van der Waals surface area contributed by atoms with Crippen LogP contribution in [0, 0.1) is 0 Å². The van der Waals surface area contributed by atoms with E-state index in [1.807, 2.05) is 18.2 Å². The van der Waals surface area contributed by atoms with Crippen molar-refractivity contribution in [3.63, 3.8) is 0 Å². The first-order chi connectivity index (χ1) is 10.2. The molecule has 0 aliphatic carbocycles. The molecule has 1 aromatic carbocycles. The van der Waals surface area contributed by atoms with E-state index >= 15 is 0 Å². The quantitative estimate of drug-likeness (QED) is 0.594. The second-order valence-corrected chi connectivity index (χ2v) is 5.70. The number of fused-ring (bicyclic) bond motifs is 1. The second kappa shape index (κ2) is 8.32. The standard InChI is InChI=1S/C17H23ClN2O/c1-2-3-6-9-20(10-11-21)13-15-12-14-7-4-5-8-16(14)19-17(15)18/h4-5,7-8,12,21H,2-3,6,9-11,13H2,1H3. The van der Waals surface area contributed by atoms with Gasteiger partial charge in [0, 0.05) is 24.0 Å². The first-order valence-corrected chi connectivity index (χ1v) is 7.99. The van der Waals surface area contributed by atoms with E-state index in [-0.39, 0.29) is 6.61 Å². The molecule has 114 valence electrons. The Morgan fingerprint density at radius 3 is 2.76 bits per heavy atom. The lowest BCUT2D eigenvalue weighted by atomic mass is 10.1. The maximum Gasteiger partial charge on any atom is 0.134 e. The van der Waals surface area contributed by atoms with Gasteiger partial charge in [-0.1, -0.05) is 49.6 Å². The first kappa shape index (κ1) is 16.2. The third-order valence-electron chi connectivity index (χ3n) is 3.64. The Labute approximate surface area is 131 Å². The molecule has 1 N–H and O–H groups in total. The van der Waals surface area contributed by atoms with E-state index in [2.05, 4.69) is 28.9 Å². The van der Waals surface area contributed by atoms with Crippen molar-refractivity contribution in [2.45, 2.75) is 32.7 Å². The van der Waals surface area contributed by atoms with Gasteiger partial charge in [-0.05, 0) is 25.1 Å². The number of benzene rings is 1. The van der Waals surface area contributed by atoms with Gasteiger partial charge in [0.25, 0.3) is 0 Å². The summed E-state index contributed by atoms with van der Waals surface area (Å²) in [5.41, 5.74) is 1.95. The van der Waals surface area contributed by atoms with Crippen LogP contribution in [0.1, 0.15) is 31.7 Å². The number of aliphatic hydroxyl groups excluding tert-OH is 1. The molecule has 0 bridgehead atoms. The maximum absolute atomic E-state index is 9.22. The SMILES string of the molecule is CCCCCN(CCO)Cc1cc2ccccc2nc1Cl. The predicted octanol–water partition coefficient (Wildman–Crippen LogP) is 3.87. The van der Waals surface area contributed by atoms with Gasteiger partial charge < -0.3 is 5.11 Å². The van der Waals surface area contributed by atoms with Gasteiger partial charge in [0.2, 0.25) is 0 Å². The van der Waals surface area contributed by atoms with Crippen LogP contribution in [0.25, 0.3) is 10.9 Å². The molecule has 0 saturated carbocycles. The fraction of sp³-hybridized carbons (Fsp3) is 0.471. The smallest absolute Gasteiger partial charge is 0.134 e. The molecule has 21 heavy (non-hydrogen) atoms. The topological polar surface area (TPSA) is 36.4 Å². The van der Waals surface area contributed by atoms with Gasteiger partial charge >= 0.3 is 0 Å². The lowest BCUT2D eigenvalue weighted by Gasteiger charge is -2.21. The van der Waals surface area contributed by atoms with Gasteiger partial charge in [0.15, 0.2) is 0 Å². The summed E-state index contributed by atoms with van der Waals surface area (Å²) in [6.07, 6.45) is 3.56. The van der Waals surface area contributed by atoms with Crippen molar-refractivity contribution in [1.82, 2.24) is 9.88 Å². The van der Waals surface area contributed by atoms with E-state index in [0.29, 0.717) is 11.7 Å². The van der Waals surface area contributed by atoms with Crippen LogP contribution in [-0.4, -0.2) is 34.7 Å². The number of halogens is 1. The zero-order valence-electron chi connectivity index (χ0n) is 12.6. The molecule has 3 nitrogen and oxygen atoms in total. The van der Waals surface area contributed by atoms with E-state index in [4.69, 9.17) is 11.6 Å². The highest BCUT2D eigenvalue weighted by atomic mass is 35.5. The highest BCUT2D eigenvalue weighted by molar-refractivity contribution is 6.30. The number of nitrogens with zero attached hydrogens (tertiary/aromatic N) is 2. The third kappa shape index (κ3) is 4.67. The van der Waals surface area contributed by atoms with E-state index in [1.165, 1.54) is 12.8 Å². The highest BCUT2D eigenvalue weighted by Gasteiger charge is 2.10. The Hall–Kier alpha value is -1.16. The average Bonchev–Trinajstić information content (AvgIpc) is 2.48. The van der Waals surface area contributed by atoms with Gasteiger partial charge in [0.1, 0.15) is 5.15 Å². The molecule has 2 aromatic rings. The summed E-state index contributed by atoms with van der Waals surface area (Å²) in [5, 5.41) is 10.9. The lowest BCUT2D eigenvalue weighted by molar-refractivity contribution is 0.187. The van der Waals surface area contributed by atoms with Gasteiger partial charge in [-0.3, -0.25) is 4.90 Å². The molecule has 0 spiro atoms. The van der Waals surface area contributed by atoms with Gasteiger partial charge in [0.05, 0.1) is 12.1 Å². The van der Waals surface area contributed by atoms with Gasteiger partial charge in [-0.25, -0.2) is 4.98 Å². The number of pyridine rings is 1. The van der Waals surface area contributed by atoms with Crippen LogP contribution in [0.15, 0.2) is 30.3 Å². The van der Waals surface area contributed by atoms with E-state index < -0.39 is 0 Å². The number of hydrogen-bond acceptors (Lipinski definition) is 3. The van der Waals surface area contributed by atoms with Crippen molar-refractivity contribution in [3.05, 3.63) is 41.0 Å². The summed E-state index contributed by atoms with van der Waals surface area (Å²) in [6.45, 7) is 4.76. The molecule has 0 unspecified atom stereocenters. The van der Waals surface area contributed by atoms with Crippen LogP contribution in [0.2, 0.25) is 5.15 Å². The molecule has 2 rings (SSSR count). The van der Waals surface area contributed by atoms with Gasteiger partial charge in [-0.15, -0.1) is 0 Å². The molecule has 0 saturated heterocycles. The molecule has 1 aromatic heterocycles. The molecule has 0 atom stereocenters. The largest absolute Gasteiger partial charge is 0.395 e. The van der Waals surface area contributed by atoms with E-state index in [9.17, 15) is 5.11 Å². The normalized spacial score (nSPS) is 11.4. The van der Waals surface area contributed by atoms with E-state index in [0.717, 1.165) is 36.0 Å². The van der Waals surface area contributed by atoms with Crippen molar-refractivity contribution < 1.29 is 5.11 Å². The van der Waals surface area contributed by atoms with Crippen LogP contribution in [0.5, 0.6) is 0 Å². The summed E-state index contributed by atoms with van der Waals surface area (Å²) >= 11 is 6.31. The van der Waals surface area contributed by atoms with Crippen molar-refractivity contribution in [3.8, 4) is 0 Å². The Bertz CT molecular complexity index is 574. The van der Waals surface area contributed by atoms with Crippen LogP contribution < -0.4 is 0 Å². The van der Waals surface area contributed by atoms with E-state index in [1.54, 1.807) is 0 Å². The second-order valence-electron chi connectivity index (χ2n) is 5.34. The number of rotatable bonds is 8. The predicted molar refractivity (Wildman–Crippen MR) is 88.6 cm³/mol. The minimum Gasteiger partial charge on any atom is -0.395 e. The molecule has 0 amide bonds. The number of para-hydroxylation sites is 1. The lowest BCUT2D eigenvalue weighted by Crippen LogP contribution is -2.27. The average molecular weight is 307 g/mol. The zero-order valence-corrected chi connectivity index (χ0v) is 13.3. The fourth-order valence-corrected chi connectivity index (χ4v) is 2.69. The van der Waals surface area contributed by atoms with Crippen LogP contribution in [0.4, 0.5) is 0 Å². The number of unbranched alkanes of at least 4 members (excludes halogenated alkanes) is 2.